The van der Waals surface area contributed by atoms with Crippen molar-refractivity contribution < 1.29 is 4.79 Å². The van der Waals surface area contributed by atoms with Gasteiger partial charge in [0.25, 0.3) is 0 Å². The quantitative estimate of drug-likeness (QED) is 0.837. The van der Waals surface area contributed by atoms with E-state index in [0.29, 0.717) is 13.1 Å². The molecule has 1 atom stereocenters. The van der Waals surface area contributed by atoms with E-state index in [9.17, 15) is 4.79 Å². The van der Waals surface area contributed by atoms with E-state index in [0.717, 1.165) is 0 Å². The lowest BCUT2D eigenvalue weighted by Crippen LogP contribution is -2.40. The minimum atomic E-state index is -0.114. The smallest absolute Gasteiger partial charge is 0.314 e. The number of carbonyl (C=O) groups excluding carboxylic acids is 1. The third-order valence-electron chi connectivity index (χ3n) is 2.88. The number of hydrogen-bond donors (Lipinski definition) is 2. The van der Waals surface area contributed by atoms with Crippen LogP contribution in [0.25, 0.3) is 0 Å². The normalized spacial score (nSPS) is 12.3. The average Bonchev–Trinajstić information content (AvgIpc) is 2.31. The van der Waals surface area contributed by atoms with Crippen LogP contribution in [0.2, 0.25) is 0 Å². The Bertz CT molecular complexity index is 373. The van der Waals surface area contributed by atoms with Crippen LogP contribution < -0.4 is 10.6 Å². The first-order valence-electron chi connectivity index (χ1n) is 6.29. The van der Waals surface area contributed by atoms with E-state index in [1.807, 2.05) is 21.0 Å². The Morgan fingerprint density at radius 1 is 1.22 bits per heavy atom. The molecule has 0 aliphatic heterocycles. The molecule has 0 radical (unpaired) electrons. The van der Waals surface area contributed by atoms with Crippen LogP contribution >= 0.6 is 0 Å². The fourth-order valence-electron chi connectivity index (χ4n) is 1.80. The fourth-order valence-corrected chi connectivity index (χ4v) is 1.80. The van der Waals surface area contributed by atoms with Gasteiger partial charge in [-0.25, -0.2) is 4.79 Å². The van der Waals surface area contributed by atoms with Gasteiger partial charge in [-0.05, 0) is 33.5 Å². The van der Waals surface area contributed by atoms with Crippen LogP contribution in [0.5, 0.6) is 0 Å². The predicted octanol–water partition coefficient (Wildman–Crippen LogP) is 1.92. The maximum absolute atomic E-state index is 11.4. The van der Waals surface area contributed by atoms with Gasteiger partial charge in [-0.2, -0.15) is 0 Å². The number of hydrogen-bond acceptors (Lipinski definition) is 2. The van der Waals surface area contributed by atoms with Crippen LogP contribution in [0.1, 0.15) is 24.1 Å². The van der Waals surface area contributed by atoms with E-state index in [1.165, 1.54) is 11.1 Å². The highest BCUT2D eigenvalue weighted by Crippen LogP contribution is 2.17. The highest BCUT2D eigenvalue weighted by atomic mass is 16.2. The van der Waals surface area contributed by atoms with Gasteiger partial charge in [0.05, 0.1) is 6.04 Å². The Balaban J connectivity index is 2.65. The maximum Gasteiger partial charge on any atom is 0.314 e. The zero-order valence-electron chi connectivity index (χ0n) is 11.7. The van der Waals surface area contributed by atoms with Crippen molar-refractivity contribution in [2.24, 2.45) is 0 Å². The Kier molecular flexibility index (Phi) is 5.65. The van der Waals surface area contributed by atoms with Crippen molar-refractivity contribution in [1.82, 2.24) is 15.5 Å². The molecule has 0 heterocycles. The lowest BCUT2D eigenvalue weighted by molar-refractivity contribution is 0.233. The van der Waals surface area contributed by atoms with Gasteiger partial charge in [0.1, 0.15) is 0 Å². The van der Waals surface area contributed by atoms with E-state index in [2.05, 4.69) is 46.7 Å². The fraction of sp³-hybridized carbons (Fsp3) is 0.500. The molecule has 1 aromatic carbocycles. The average molecular weight is 249 g/mol. The number of urea groups is 1. The van der Waals surface area contributed by atoms with Crippen LogP contribution in [0.3, 0.4) is 0 Å². The first-order valence-corrected chi connectivity index (χ1v) is 6.29. The molecule has 0 saturated heterocycles. The SMILES string of the molecule is CCNC(=O)NC[C@@H](c1ccc(C)cc1)N(C)C. The maximum atomic E-state index is 11.4. The summed E-state index contributed by atoms with van der Waals surface area (Å²) in [5, 5.41) is 5.62. The molecule has 4 heteroatoms. The molecule has 0 aliphatic rings. The number of benzene rings is 1. The molecule has 1 rings (SSSR count). The van der Waals surface area contributed by atoms with Gasteiger partial charge in [-0.3, -0.25) is 0 Å². The van der Waals surface area contributed by atoms with Crippen molar-refractivity contribution in [2.45, 2.75) is 19.9 Å². The van der Waals surface area contributed by atoms with E-state index < -0.39 is 0 Å². The van der Waals surface area contributed by atoms with Crippen molar-refractivity contribution in [3.63, 3.8) is 0 Å². The zero-order valence-corrected chi connectivity index (χ0v) is 11.7. The summed E-state index contributed by atoms with van der Waals surface area (Å²) in [7, 11) is 4.04. The molecule has 2 N–H and O–H groups in total. The molecule has 0 bridgehead atoms. The number of carbonyl (C=O) groups is 1. The van der Waals surface area contributed by atoms with Crippen molar-refractivity contribution in [2.75, 3.05) is 27.2 Å². The number of nitrogens with one attached hydrogen (secondary N) is 2. The van der Waals surface area contributed by atoms with E-state index in [-0.39, 0.29) is 12.1 Å². The Morgan fingerprint density at radius 3 is 2.33 bits per heavy atom. The number of nitrogens with zero attached hydrogens (tertiary/aromatic N) is 1. The van der Waals surface area contributed by atoms with Gasteiger partial charge in [-0.15, -0.1) is 0 Å². The summed E-state index contributed by atoms with van der Waals surface area (Å²) < 4.78 is 0. The minimum absolute atomic E-state index is 0.114. The second kappa shape index (κ2) is 7.01. The lowest BCUT2D eigenvalue weighted by Gasteiger charge is -2.25. The zero-order chi connectivity index (χ0) is 13.5. The van der Waals surface area contributed by atoms with E-state index in [4.69, 9.17) is 0 Å². The predicted molar refractivity (Wildman–Crippen MR) is 74.7 cm³/mol. The molecule has 0 aliphatic carbocycles. The summed E-state index contributed by atoms with van der Waals surface area (Å²) >= 11 is 0. The van der Waals surface area contributed by atoms with E-state index >= 15 is 0 Å². The molecule has 0 fully saturated rings. The summed E-state index contributed by atoms with van der Waals surface area (Å²) in [5.74, 6) is 0. The molecule has 4 nitrogen and oxygen atoms in total. The van der Waals surface area contributed by atoms with Gasteiger partial charge in [0.15, 0.2) is 0 Å². The summed E-state index contributed by atoms with van der Waals surface area (Å²) in [4.78, 5) is 13.5. The van der Waals surface area contributed by atoms with Crippen molar-refractivity contribution in [3.8, 4) is 0 Å². The van der Waals surface area contributed by atoms with Gasteiger partial charge >= 0.3 is 6.03 Å². The largest absolute Gasteiger partial charge is 0.338 e. The van der Waals surface area contributed by atoms with Gasteiger partial charge in [0, 0.05) is 13.1 Å². The third kappa shape index (κ3) is 4.37. The van der Waals surface area contributed by atoms with Gasteiger partial charge < -0.3 is 15.5 Å². The molecule has 0 saturated carbocycles. The summed E-state index contributed by atoms with van der Waals surface area (Å²) in [6, 6.07) is 8.49. The Hall–Kier alpha value is -1.55. The van der Waals surface area contributed by atoms with Crippen molar-refractivity contribution in [1.29, 1.82) is 0 Å². The Morgan fingerprint density at radius 2 is 1.83 bits per heavy atom. The van der Waals surface area contributed by atoms with Gasteiger partial charge in [0.2, 0.25) is 0 Å². The highest BCUT2D eigenvalue weighted by molar-refractivity contribution is 5.73. The standard InChI is InChI=1S/C14H23N3O/c1-5-15-14(18)16-10-13(17(3)4)12-8-6-11(2)7-9-12/h6-9,13H,5,10H2,1-4H3,(H2,15,16,18)/t13-/m0/s1. The number of aryl methyl sites for hydroxylation is 1. The number of rotatable bonds is 5. The van der Waals surface area contributed by atoms with Crippen LogP contribution in [-0.4, -0.2) is 38.1 Å². The van der Waals surface area contributed by atoms with Crippen molar-refractivity contribution in [3.05, 3.63) is 35.4 Å². The monoisotopic (exact) mass is 249 g/mol. The second-order valence-corrected chi connectivity index (χ2v) is 4.63. The molecular formula is C14H23N3O. The topological polar surface area (TPSA) is 44.4 Å². The lowest BCUT2D eigenvalue weighted by atomic mass is 10.0. The molecule has 1 aromatic rings. The molecule has 2 amide bonds. The van der Waals surface area contributed by atoms with Gasteiger partial charge in [-0.1, -0.05) is 29.8 Å². The molecule has 0 spiro atoms. The summed E-state index contributed by atoms with van der Waals surface area (Å²) in [6.45, 7) is 5.22. The molecule has 0 aromatic heterocycles. The first kappa shape index (κ1) is 14.5. The van der Waals surface area contributed by atoms with Crippen LogP contribution in [0.4, 0.5) is 4.79 Å². The van der Waals surface area contributed by atoms with Crippen LogP contribution in [0.15, 0.2) is 24.3 Å². The van der Waals surface area contributed by atoms with E-state index in [1.54, 1.807) is 0 Å². The van der Waals surface area contributed by atoms with Crippen LogP contribution in [0, 0.1) is 6.92 Å². The molecule has 18 heavy (non-hydrogen) atoms. The molecule has 0 unspecified atom stereocenters. The van der Waals surface area contributed by atoms with Crippen LogP contribution in [-0.2, 0) is 0 Å². The first-order chi connectivity index (χ1) is 8.54. The molecule has 100 valence electrons. The number of amides is 2. The minimum Gasteiger partial charge on any atom is -0.338 e. The Labute approximate surface area is 109 Å². The number of likely N-dealkylation sites (N-methyl/N-ethyl adjacent to an activating group) is 1. The van der Waals surface area contributed by atoms with Crippen molar-refractivity contribution >= 4 is 6.03 Å². The summed E-state index contributed by atoms with van der Waals surface area (Å²) in [6.07, 6.45) is 0. The second-order valence-electron chi connectivity index (χ2n) is 4.63. The third-order valence-corrected chi connectivity index (χ3v) is 2.88. The summed E-state index contributed by atoms with van der Waals surface area (Å²) in [5.41, 5.74) is 2.45. The highest BCUT2D eigenvalue weighted by Gasteiger charge is 2.14. The molecular weight excluding hydrogens is 226 g/mol.